The Labute approximate surface area is 190 Å². The molecule has 1 N–H and O–H groups in total. The normalized spacial score (nSPS) is 11.5. The minimum atomic E-state index is -4.01. The fraction of sp³-hybridized carbons (Fsp3) is 0.136. The highest BCUT2D eigenvalue weighted by Gasteiger charge is 2.27. The molecule has 3 rings (SSSR count). The zero-order chi connectivity index (χ0) is 22.4. The lowest BCUT2D eigenvalue weighted by atomic mass is 10.2. The van der Waals surface area contributed by atoms with E-state index in [1.807, 2.05) is 18.4 Å². The van der Waals surface area contributed by atoms with Crippen LogP contribution >= 0.6 is 23.4 Å². The molecule has 162 valence electrons. The molecule has 0 fully saturated rings. The van der Waals surface area contributed by atoms with Crippen molar-refractivity contribution >= 4 is 45.0 Å². The maximum absolute atomic E-state index is 13.3. The van der Waals surface area contributed by atoms with Crippen molar-refractivity contribution in [3.63, 3.8) is 0 Å². The first kappa shape index (κ1) is 23.3. The highest BCUT2D eigenvalue weighted by molar-refractivity contribution is 7.98. The van der Waals surface area contributed by atoms with Crippen molar-refractivity contribution in [1.29, 1.82) is 0 Å². The summed E-state index contributed by atoms with van der Waals surface area (Å²) in [6.45, 7) is -0.505. The van der Waals surface area contributed by atoms with Crippen molar-refractivity contribution < 1.29 is 17.6 Å². The van der Waals surface area contributed by atoms with Crippen LogP contribution in [0.3, 0.4) is 0 Å². The number of halogens is 2. The highest BCUT2D eigenvalue weighted by atomic mass is 35.5. The number of anilines is 1. The van der Waals surface area contributed by atoms with Gasteiger partial charge in [0.1, 0.15) is 5.82 Å². The highest BCUT2D eigenvalue weighted by Crippen LogP contribution is 2.22. The molecule has 0 unspecified atom stereocenters. The zero-order valence-electron chi connectivity index (χ0n) is 16.6. The van der Waals surface area contributed by atoms with Gasteiger partial charge in [-0.05, 0) is 66.4 Å². The quantitative estimate of drug-likeness (QED) is 0.461. The molecule has 31 heavy (non-hydrogen) atoms. The lowest BCUT2D eigenvalue weighted by Gasteiger charge is -2.22. The van der Waals surface area contributed by atoms with Gasteiger partial charge in [0.05, 0.1) is 11.4 Å². The van der Waals surface area contributed by atoms with Gasteiger partial charge in [-0.15, -0.1) is 11.8 Å². The van der Waals surface area contributed by atoms with Crippen molar-refractivity contribution in [2.45, 2.75) is 16.3 Å². The van der Waals surface area contributed by atoms with Crippen LogP contribution in [0.1, 0.15) is 5.56 Å². The summed E-state index contributed by atoms with van der Waals surface area (Å²) in [5.41, 5.74) is 1.12. The van der Waals surface area contributed by atoms with Crippen LogP contribution in [-0.2, 0) is 21.4 Å². The van der Waals surface area contributed by atoms with E-state index in [9.17, 15) is 17.6 Å². The van der Waals surface area contributed by atoms with Gasteiger partial charge in [0.2, 0.25) is 15.9 Å². The number of carbonyl (C=O) groups is 1. The third-order valence-corrected chi connectivity index (χ3v) is 7.18. The topological polar surface area (TPSA) is 66.5 Å². The molecule has 0 aliphatic carbocycles. The number of thioether (sulfide) groups is 1. The Morgan fingerprint density at radius 1 is 1.06 bits per heavy atom. The lowest BCUT2D eigenvalue weighted by Crippen LogP contribution is -2.37. The summed E-state index contributed by atoms with van der Waals surface area (Å²) in [7, 11) is -4.01. The monoisotopic (exact) mass is 478 g/mol. The number of sulfonamides is 1. The van der Waals surface area contributed by atoms with Crippen LogP contribution in [0.25, 0.3) is 0 Å². The van der Waals surface area contributed by atoms with E-state index in [1.165, 1.54) is 60.3 Å². The van der Waals surface area contributed by atoms with Crippen LogP contribution in [0.5, 0.6) is 0 Å². The summed E-state index contributed by atoms with van der Waals surface area (Å²) >= 11 is 7.41. The number of rotatable bonds is 8. The Bertz CT molecular complexity index is 1150. The van der Waals surface area contributed by atoms with Gasteiger partial charge in [-0.1, -0.05) is 29.8 Å². The molecule has 0 bridgehead atoms. The van der Waals surface area contributed by atoms with Gasteiger partial charge < -0.3 is 5.32 Å². The van der Waals surface area contributed by atoms with E-state index in [-0.39, 0.29) is 11.4 Å². The number of benzene rings is 3. The Morgan fingerprint density at radius 2 is 1.74 bits per heavy atom. The molecule has 5 nitrogen and oxygen atoms in total. The van der Waals surface area contributed by atoms with E-state index in [1.54, 1.807) is 12.1 Å². The lowest BCUT2D eigenvalue weighted by molar-refractivity contribution is -0.116. The molecule has 0 saturated heterocycles. The second-order valence-electron chi connectivity index (χ2n) is 6.63. The second-order valence-corrected chi connectivity index (χ2v) is 9.89. The third-order valence-electron chi connectivity index (χ3n) is 4.40. The maximum Gasteiger partial charge on any atom is 0.243 e. The minimum Gasteiger partial charge on any atom is -0.325 e. The molecule has 0 aromatic heterocycles. The molecule has 0 saturated carbocycles. The molecule has 0 aliphatic heterocycles. The van der Waals surface area contributed by atoms with E-state index >= 15 is 0 Å². The van der Waals surface area contributed by atoms with Crippen molar-refractivity contribution in [2.24, 2.45) is 0 Å². The molecule has 0 aliphatic rings. The molecule has 0 atom stereocenters. The van der Waals surface area contributed by atoms with Gasteiger partial charge in [0, 0.05) is 22.2 Å². The van der Waals surface area contributed by atoms with Gasteiger partial charge in [0.25, 0.3) is 0 Å². The number of amides is 1. The van der Waals surface area contributed by atoms with Crippen LogP contribution in [0.2, 0.25) is 5.02 Å². The smallest absolute Gasteiger partial charge is 0.243 e. The first-order valence-corrected chi connectivity index (χ1v) is 12.3. The first-order chi connectivity index (χ1) is 14.8. The minimum absolute atomic E-state index is 0.0104. The van der Waals surface area contributed by atoms with Crippen LogP contribution in [0, 0.1) is 5.82 Å². The van der Waals surface area contributed by atoms with Gasteiger partial charge in [-0.2, -0.15) is 4.31 Å². The number of nitrogens with zero attached hydrogens (tertiary/aromatic N) is 1. The maximum atomic E-state index is 13.3. The average Bonchev–Trinajstić information content (AvgIpc) is 2.75. The molecule has 0 radical (unpaired) electrons. The van der Waals surface area contributed by atoms with Crippen molar-refractivity contribution in [3.05, 3.63) is 89.2 Å². The van der Waals surface area contributed by atoms with E-state index < -0.39 is 28.3 Å². The molecule has 9 heteroatoms. The molecule has 0 spiro atoms. The number of nitrogens with one attached hydrogen (secondary N) is 1. The first-order valence-electron chi connectivity index (χ1n) is 9.22. The van der Waals surface area contributed by atoms with E-state index in [4.69, 9.17) is 11.6 Å². The zero-order valence-corrected chi connectivity index (χ0v) is 19.0. The van der Waals surface area contributed by atoms with Crippen molar-refractivity contribution in [1.82, 2.24) is 4.31 Å². The molecular formula is C22H20ClFN2O3S2. The summed E-state index contributed by atoms with van der Waals surface area (Å²) < 4.78 is 40.8. The third kappa shape index (κ3) is 6.30. The van der Waals surface area contributed by atoms with Crippen LogP contribution in [0.4, 0.5) is 10.1 Å². The van der Waals surface area contributed by atoms with Gasteiger partial charge in [-0.3, -0.25) is 4.79 Å². The second kappa shape index (κ2) is 10.3. The molecule has 3 aromatic carbocycles. The predicted octanol–water partition coefficient (Wildman–Crippen LogP) is 5.03. The van der Waals surface area contributed by atoms with E-state index in [0.717, 1.165) is 9.20 Å². The molecule has 0 heterocycles. The fourth-order valence-electron chi connectivity index (χ4n) is 2.84. The van der Waals surface area contributed by atoms with Crippen molar-refractivity contribution in [3.8, 4) is 0 Å². The molecular weight excluding hydrogens is 459 g/mol. The van der Waals surface area contributed by atoms with E-state index in [2.05, 4.69) is 5.32 Å². The van der Waals surface area contributed by atoms with Crippen LogP contribution in [-0.4, -0.2) is 31.4 Å². The van der Waals surface area contributed by atoms with Gasteiger partial charge in [0.15, 0.2) is 0 Å². The SMILES string of the molecule is CSc1cccc(NC(=O)CN(Cc2ccc(F)cc2)S(=O)(=O)c2ccc(Cl)cc2)c1. The summed E-state index contributed by atoms with van der Waals surface area (Å²) in [6.07, 6.45) is 1.92. The Balaban J connectivity index is 1.86. The summed E-state index contributed by atoms with van der Waals surface area (Å²) in [5.74, 6) is -0.916. The molecule has 3 aromatic rings. The number of hydrogen-bond donors (Lipinski definition) is 1. The predicted molar refractivity (Wildman–Crippen MR) is 122 cm³/mol. The summed E-state index contributed by atoms with van der Waals surface area (Å²) in [5, 5.41) is 3.13. The van der Waals surface area contributed by atoms with Gasteiger partial charge in [-0.25, -0.2) is 12.8 Å². The van der Waals surface area contributed by atoms with Crippen LogP contribution in [0.15, 0.2) is 82.6 Å². The molecule has 1 amide bonds. The largest absolute Gasteiger partial charge is 0.325 e. The van der Waals surface area contributed by atoms with E-state index in [0.29, 0.717) is 16.3 Å². The van der Waals surface area contributed by atoms with Gasteiger partial charge >= 0.3 is 0 Å². The Hall–Kier alpha value is -2.39. The standard InChI is InChI=1S/C22H20ClFN2O3S2/c1-30-20-4-2-3-19(13-20)25-22(27)15-26(14-16-5-9-18(24)10-6-16)31(28,29)21-11-7-17(23)8-12-21/h2-13H,14-15H2,1H3,(H,25,27). The summed E-state index contributed by atoms with van der Waals surface area (Å²) in [6, 6.07) is 18.4. The fourth-order valence-corrected chi connectivity index (χ4v) is 4.81. The summed E-state index contributed by atoms with van der Waals surface area (Å²) in [4.78, 5) is 13.7. The van der Waals surface area contributed by atoms with Crippen molar-refractivity contribution in [2.75, 3.05) is 18.1 Å². The number of carbonyl (C=O) groups excluding carboxylic acids is 1. The Morgan fingerprint density at radius 3 is 2.39 bits per heavy atom. The average molecular weight is 479 g/mol. The number of hydrogen-bond acceptors (Lipinski definition) is 4. The van der Waals surface area contributed by atoms with Crippen LogP contribution < -0.4 is 5.32 Å². The Kier molecular flexibility index (Phi) is 7.72.